The Bertz CT molecular complexity index is 200. The summed E-state index contributed by atoms with van der Waals surface area (Å²) in [6.07, 6.45) is 0.346. The number of nitrogens with zero attached hydrogens (tertiary/aromatic N) is 1. The molecule has 0 aromatic carbocycles. The highest BCUT2D eigenvalue weighted by Gasteiger charge is 2.28. The van der Waals surface area contributed by atoms with Gasteiger partial charge in [0.05, 0.1) is 18.2 Å². The fourth-order valence-electron chi connectivity index (χ4n) is 1.82. The molecular formula is C9H19N3O2. The molecule has 0 spiro atoms. The zero-order valence-electron chi connectivity index (χ0n) is 8.99. The molecule has 3 N–H and O–H groups in total. The number of hydrazine groups is 1. The van der Waals surface area contributed by atoms with Crippen LogP contribution in [0.4, 0.5) is 0 Å². The molecule has 1 aliphatic rings. The zero-order valence-corrected chi connectivity index (χ0v) is 8.99. The molecule has 3 atom stereocenters. The Morgan fingerprint density at radius 1 is 1.50 bits per heavy atom. The Balaban J connectivity index is 2.54. The zero-order chi connectivity index (χ0) is 10.7. The van der Waals surface area contributed by atoms with Gasteiger partial charge in [-0.1, -0.05) is 0 Å². The van der Waals surface area contributed by atoms with E-state index in [4.69, 9.17) is 10.6 Å². The molecule has 0 saturated carbocycles. The van der Waals surface area contributed by atoms with Gasteiger partial charge in [0.2, 0.25) is 0 Å². The van der Waals surface area contributed by atoms with Gasteiger partial charge in [-0.3, -0.25) is 15.1 Å². The number of nitrogens with one attached hydrogen (secondary N) is 1. The van der Waals surface area contributed by atoms with Crippen molar-refractivity contribution in [1.82, 2.24) is 10.3 Å². The standard InChI is InChI=1S/C9H19N3O2/c1-6-4-12(5-7(2)14-6)8(3)9(13)11-10/h6-8H,4-5,10H2,1-3H3,(H,11,13)/t6-,7-,8-/m0/s1. The van der Waals surface area contributed by atoms with E-state index in [0.29, 0.717) is 0 Å². The Morgan fingerprint density at radius 2 is 2.00 bits per heavy atom. The predicted molar refractivity (Wildman–Crippen MR) is 53.4 cm³/mol. The van der Waals surface area contributed by atoms with Crippen molar-refractivity contribution in [2.45, 2.75) is 39.0 Å². The molecule has 1 saturated heterocycles. The molecule has 1 heterocycles. The Hall–Kier alpha value is -0.650. The third kappa shape index (κ3) is 2.67. The maximum atomic E-state index is 11.3. The highest BCUT2D eigenvalue weighted by Crippen LogP contribution is 2.13. The van der Waals surface area contributed by atoms with Gasteiger partial charge < -0.3 is 4.74 Å². The second-order valence-corrected chi connectivity index (χ2v) is 3.90. The lowest BCUT2D eigenvalue weighted by Gasteiger charge is -2.37. The highest BCUT2D eigenvalue weighted by atomic mass is 16.5. The number of hydrogen-bond acceptors (Lipinski definition) is 4. The van der Waals surface area contributed by atoms with Gasteiger partial charge in [0.1, 0.15) is 0 Å². The molecule has 1 rings (SSSR count). The van der Waals surface area contributed by atoms with Crippen LogP contribution >= 0.6 is 0 Å². The minimum atomic E-state index is -0.186. The summed E-state index contributed by atoms with van der Waals surface area (Å²) in [7, 11) is 0. The number of ether oxygens (including phenoxy) is 1. The molecule has 5 nitrogen and oxygen atoms in total. The molecule has 0 aromatic rings. The lowest BCUT2D eigenvalue weighted by Crippen LogP contribution is -2.54. The molecule has 0 unspecified atom stereocenters. The van der Waals surface area contributed by atoms with Crippen LogP contribution in [0.3, 0.4) is 0 Å². The summed E-state index contributed by atoms with van der Waals surface area (Å²) in [5.74, 6) is 4.94. The lowest BCUT2D eigenvalue weighted by molar-refractivity contribution is -0.131. The van der Waals surface area contributed by atoms with Crippen LogP contribution in [0.25, 0.3) is 0 Å². The van der Waals surface area contributed by atoms with E-state index in [1.54, 1.807) is 0 Å². The van der Waals surface area contributed by atoms with Crippen molar-refractivity contribution in [1.29, 1.82) is 0 Å². The summed E-state index contributed by atoms with van der Waals surface area (Å²) >= 11 is 0. The van der Waals surface area contributed by atoms with Gasteiger partial charge in [-0.15, -0.1) is 0 Å². The first-order valence-electron chi connectivity index (χ1n) is 4.94. The van der Waals surface area contributed by atoms with Crippen molar-refractivity contribution in [3.05, 3.63) is 0 Å². The van der Waals surface area contributed by atoms with Crippen LogP contribution in [0.2, 0.25) is 0 Å². The van der Waals surface area contributed by atoms with Gasteiger partial charge in [0.15, 0.2) is 0 Å². The third-order valence-corrected chi connectivity index (χ3v) is 2.52. The molecule has 0 aromatic heterocycles. The maximum Gasteiger partial charge on any atom is 0.250 e. The largest absolute Gasteiger partial charge is 0.373 e. The lowest BCUT2D eigenvalue weighted by atomic mass is 10.1. The normalized spacial score (nSPS) is 31.1. The van der Waals surface area contributed by atoms with Crippen molar-refractivity contribution in [2.24, 2.45) is 5.84 Å². The first-order valence-corrected chi connectivity index (χ1v) is 4.94. The van der Waals surface area contributed by atoms with Crippen LogP contribution in [0.15, 0.2) is 0 Å². The molecule has 0 aliphatic carbocycles. The van der Waals surface area contributed by atoms with E-state index in [-0.39, 0.29) is 24.2 Å². The number of carbonyl (C=O) groups is 1. The van der Waals surface area contributed by atoms with Crippen LogP contribution in [-0.2, 0) is 9.53 Å². The average Bonchev–Trinajstić information content (AvgIpc) is 2.14. The average molecular weight is 201 g/mol. The number of amides is 1. The number of carbonyl (C=O) groups excluding carboxylic acids is 1. The van der Waals surface area contributed by atoms with Crippen LogP contribution < -0.4 is 11.3 Å². The van der Waals surface area contributed by atoms with E-state index in [1.165, 1.54) is 0 Å². The second kappa shape index (κ2) is 4.72. The van der Waals surface area contributed by atoms with Crippen LogP contribution in [-0.4, -0.2) is 42.1 Å². The molecule has 1 fully saturated rings. The first kappa shape index (κ1) is 11.4. The van der Waals surface area contributed by atoms with Gasteiger partial charge in [0, 0.05) is 13.1 Å². The van der Waals surface area contributed by atoms with Gasteiger partial charge in [-0.25, -0.2) is 5.84 Å². The van der Waals surface area contributed by atoms with E-state index in [2.05, 4.69) is 10.3 Å². The van der Waals surface area contributed by atoms with Gasteiger partial charge in [-0.2, -0.15) is 0 Å². The van der Waals surface area contributed by atoms with Crippen LogP contribution in [0.5, 0.6) is 0 Å². The SMILES string of the molecule is C[C@H]1CN([C@@H](C)C(=O)NN)C[C@H](C)O1. The molecule has 82 valence electrons. The van der Waals surface area contributed by atoms with Crippen LogP contribution in [0.1, 0.15) is 20.8 Å². The van der Waals surface area contributed by atoms with Crippen molar-refractivity contribution in [3.63, 3.8) is 0 Å². The van der Waals surface area contributed by atoms with E-state index in [0.717, 1.165) is 13.1 Å². The summed E-state index contributed by atoms with van der Waals surface area (Å²) in [6, 6.07) is -0.186. The van der Waals surface area contributed by atoms with E-state index >= 15 is 0 Å². The Morgan fingerprint density at radius 3 is 2.43 bits per heavy atom. The fraction of sp³-hybridized carbons (Fsp3) is 0.889. The Kier molecular flexibility index (Phi) is 3.86. The Labute approximate surface area is 84.5 Å². The van der Waals surface area contributed by atoms with E-state index < -0.39 is 0 Å². The molecule has 1 amide bonds. The molecule has 14 heavy (non-hydrogen) atoms. The number of hydrogen-bond donors (Lipinski definition) is 2. The number of nitrogens with two attached hydrogens (primary N) is 1. The van der Waals surface area contributed by atoms with Gasteiger partial charge in [-0.05, 0) is 20.8 Å². The second-order valence-electron chi connectivity index (χ2n) is 3.90. The minimum Gasteiger partial charge on any atom is -0.373 e. The first-order chi connectivity index (χ1) is 6.54. The van der Waals surface area contributed by atoms with Crippen molar-refractivity contribution in [3.8, 4) is 0 Å². The number of morpholine rings is 1. The molecule has 1 aliphatic heterocycles. The topological polar surface area (TPSA) is 67.6 Å². The van der Waals surface area contributed by atoms with E-state index in [1.807, 2.05) is 20.8 Å². The number of rotatable bonds is 2. The molecular weight excluding hydrogens is 182 g/mol. The monoisotopic (exact) mass is 201 g/mol. The fourth-order valence-corrected chi connectivity index (χ4v) is 1.82. The summed E-state index contributed by atoms with van der Waals surface area (Å²) in [5.41, 5.74) is 2.17. The predicted octanol–water partition coefficient (Wildman–Crippen LogP) is -0.526. The van der Waals surface area contributed by atoms with Crippen molar-refractivity contribution >= 4 is 5.91 Å². The summed E-state index contributed by atoms with van der Waals surface area (Å²) in [4.78, 5) is 13.4. The van der Waals surface area contributed by atoms with Gasteiger partial charge in [0.25, 0.3) is 5.91 Å². The summed E-state index contributed by atoms with van der Waals surface area (Å²) in [6.45, 7) is 7.43. The highest BCUT2D eigenvalue weighted by molar-refractivity contribution is 5.80. The molecule has 0 radical (unpaired) electrons. The smallest absolute Gasteiger partial charge is 0.250 e. The minimum absolute atomic E-state index is 0.147. The van der Waals surface area contributed by atoms with Crippen molar-refractivity contribution < 1.29 is 9.53 Å². The third-order valence-electron chi connectivity index (χ3n) is 2.52. The molecule has 0 bridgehead atoms. The van der Waals surface area contributed by atoms with Crippen molar-refractivity contribution in [2.75, 3.05) is 13.1 Å². The molecule has 5 heteroatoms. The van der Waals surface area contributed by atoms with Crippen LogP contribution in [0, 0.1) is 0 Å². The van der Waals surface area contributed by atoms with E-state index in [9.17, 15) is 4.79 Å². The summed E-state index contributed by atoms with van der Waals surface area (Å²) < 4.78 is 5.58. The quantitative estimate of drug-likeness (QED) is 0.358. The maximum absolute atomic E-state index is 11.3. The summed E-state index contributed by atoms with van der Waals surface area (Å²) in [5, 5.41) is 0. The van der Waals surface area contributed by atoms with Gasteiger partial charge >= 0.3 is 0 Å².